The largest absolute Gasteiger partial charge is 0.508 e. The second-order valence-corrected chi connectivity index (χ2v) is 6.22. The number of hydrogen-bond acceptors (Lipinski definition) is 7. The summed E-state index contributed by atoms with van der Waals surface area (Å²) in [7, 11) is 1.40. The van der Waals surface area contributed by atoms with Crippen LogP contribution >= 0.6 is 0 Å². The van der Waals surface area contributed by atoms with Crippen LogP contribution in [0.5, 0.6) is 5.75 Å². The third kappa shape index (κ3) is 3.64. The molecule has 138 valence electrons. The van der Waals surface area contributed by atoms with E-state index in [-0.39, 0.29) is 12.4 Å². The lowest BCUT2D eigenvalue weighted by atomic mass is 9.96. The number of aromatic hydroxyl groups is 1. The maximum Gasteiger partial charge on any atom is 0.185 e. The number of hydrogen-bond donors (Lipinski definition) is 6. The third-order valence-corrected chi connectivity index (χ3v) is 4.64. The Morgan fingerprint density at radius 3 is 2.80 bits per heavy atom. The van der Waals surface area contributed by atoms with E-state index in [1.165, 1.54) is 7.11 Å². The standard InChI is InChI=1S/C17H24N2O6/c1-24-17-16(23)14(15(22)13(8-20)25-17)18-5-4-9-7-19-12-3-2-10(21)6-11(9)12/h2-3,6-7,13-23H,4-5,8H2,1H3/t13-,14-,15-,16+,17+/m1/s1. The molecule has 25 heavy (non-hydrogen) atoms. The van der Waals surface area contributed by atoms with Gasteiger partial charge in [-0.3, -0.25) is 0 Å². The van der Waals surface area contributed by atoms with E-state index in [2.05, 4.69) is 10.3 Å². The van der Waals surface area contributed by atoms with Crippen LogP contribution in [0.15, 0.2) is 24.4 Å². The van der Waals surface area contributed by atoms with E-state index in [0.29, 0.717) is 13.0 Å². The number of benzene rings is 1. The van der Waals surface area contributed by atoms with Crippen LogP contribution in [0.3, 0.4) is 0 Å². The minimum atomic E-state index is -1.06. The van der Waals surface area contributed by atoms with Crippen LogP contribution in [0.25, 0.3) is 10.9 Å². The van der Waals surface area contributed by atoms with E-state index in [4.69, 9.17) is 9.47 Å². The number of H-pyrrole nitrogens is 1. The van der Waals surface area contributed by atoms with Crippen molar-refractivity contribution in [2.75, 3.05) is 20.3 Å². The van der Waals surface area contributed by atoms with Gasteiger partial charge in [-0.2, -0.15) is 0 Å². The highest BCUT2D eigenvalue weighted by molar-refractivity contribution is 5.84. The first-order chi connectivity index (χ1) is 12.0. The highest BCUT2D eigenvalue weighted by Gasteiger charge is 2.44. The van der Waals surface area contributed by atoms with Gasteiger partial charge < -0.3 is 40.2 Å². The van der Waals surface area contributed by atoms with Crippen molar-refractivity contribution in [3.05, 3.63) is 30.0 Å². The predicted molar refractivity (Wildman–Crippen MR) is 90.2 cm³/mol. The number of phenols is 1. The van der Waals surface area contributed by atoms with Gasteiger partial charge >= 0.3 is 0 Å². The van der Waals surface area contributed by atoms with Crippen molar-refractivity contribution in [1.82, 2.24) is 10.3 Å². The molecule has 1 aromatic carbocycles. The summed E-state index contributed by atoms with van der Waals surface area (Å²) in [5.41, 5.74) is 1.94. The van der Waals surface area contributed by atoms with Gasteiger partial charge in [0.25, 0.3) is 0 Å². The minimum absolute atomic E-state index is 0.199. The van der Waals surface area contributed by atoms with Crippen molar-refractivity contribution in [2.24, 2.45) is 0 Å². The van der Waals surface area contributed by atoms with Crippen molar-refractivity contribution in [3.63, 3.8) is 0 Å². The van der Waals surface area contributed by atoms with Crippen molar-refractivity contribution >= 4 is 10.9 Å². The summed E-state index contributed by atoms with van der Waals surface area (Å²) in [4.78, 5) is 3.14. The van der Waals surface area contributed by atoms with Gasteiger partial charge in [0.05, 0.1) is 12.6 Å². The van der Waals surface area contributed by atoms with Crippen LogP contribution in [0.4, 0.5) is 0 Å². The molecule has 6 N–H and O–H groups in total. The molecule has 0 aliphatic carbocycles. The Morgan fingerprint density at radius 1 is 1.28 bits per heavy atom. The van der Waals surface area contributed by atoms with Crippen LogP contribution < -0.4 is 5.32 Å². The SMILES string of the molecule is CO[C@H]1O[C@H](CO)[C@@H](O)[C@@H](NCCc2c[nH]c3ccc(O)cc23)[C@@H]1O. The van der Waals surface area contributed by atoms with Gasteiger partial charge in [0.15, 0.2) is 6.29 Å². The Hall–Kier alpha value is -1.68. The molecule has 0 amide bonds. The van der Waals surface area contributed by atoms with Gasteiger partial charge in [0, 0.05) is 24.2 Å². The summed E-state index contributed by atoms with van der Waals surface area (Å²) in [6.45, 7) is 0.115. The van der Waals surface area contributed by atoms with Gasteiger partial charge in [-0.25, -0.2) is 0 Å². The molecule has 1 aromatic heterocycles. The van der Waals surface area contributed by atoms with E-state index < -0.39 is 30.6 Å². The predicted octanol–water partition coefficient (Wildman–Crippen LogP) is -0.540. The zero-order chi connectivity index (χ0) is 18.0. The van der Waals surface area contributed by atoms with Crippen LogP contribution in [0, 0.1) is 0 Å². The fourth-order valence-electron chi connectivity index (χ4n) is 3.27. The Morgan fingerprint density at radius 2 is 2.08 bits per heavy atom. The second-order valence-electron chi connectivity index (χ2n) is 6.22. The topological polar surface area (TPSA) is 127 Å². The maximum atomic E-state index is 10.3. The molecule has 1 saturated heterocycles. The first kappa shape index (κ1) is 18.1. The fraction of sp³-hybridized carbons (Fsp3) is 0.529. The molecular formula is C17H24N2O6. The fourth-order valence-corrected chi connectivity index (χ4v) is 3.27. The number of ether oxygens (including phenoxy) is 2. The molecular weight excluding hydrogens is 328 g/mol. The summed E-state index contributed by atoms with van der Waals surface area (Å²) in [6, 6.07) is 4.44. The quantitative estimate of drug-likeness (QED) is 0.412. The highest BCUT2D eigenvalue weighted by atomic mass is 16.7. The molecule has 3 rings (SSSR count). The Balaban J connectivity index is 1.66. The van der Waals surface area contributed by atoms with E-state index >= 15 is 0 Å². The first-order valence-corrected chi connectivity index (χ1v) is 8.22. The smallest absolute Gasteiger partial charge is 0.185 e. The summed E-state index contributed by atoms with van der Waals surface area (Å²) in [5, 5.41) is 43.6. The van der Waals surface area contributed by atoms with Crippen LogP contribution in [-0.4, -0.2) is 76.3 Å². The molecule has 8 heteroatoms. The lowest BCUT2D eigenvalue weighted by molar-refractivity contribution is -0.271. The van der Waals surface area contributed by atoms with E-state index in [9.17, 15) is 20.4 Å². The summed E-state index contributed by atoms with van der Waals surface area (Å²) in [5.74, 6) is 0.199. The Bertz CT molecular complexity index is 690. The van der Waals surface area contributed by atoms with Gasteiger partial charge in [-0.05, 0) is 36.7 Å². The van der Waals surface area contributed by atoms with Gasteiger partial charge in [-0.15, -0.1) is 0 Å². The van der Waals surface area contributed by atoms with Crippen molar-refractivity contribution < 1.29 is 29.9 Å². The average molecular weight is 352 g/mol. The summed E-state index contributed by atoms with van der Waals surface area (Å²) < 4.78 is 10.4. The number of aliphatic hydroxyl groups excluding tert-OH is 3. The molecule has 0 unspecified atom stereocenters. The number of rotatable bonds is 6. The van der Waals surface area contributed by atoms with Gasteiger partial charge in [-0.1, -0.05) is 0 Å². The lowest BCUT2D eigenvalue weighted by Gasteiger charge is -2.42. The third-order valence-electron chi connectivity index (χ3n) is 4.64. The van der Waals surface area contributed by atoms with Crippen molar-refractivity contribution in [2.45, 2.75) is 37.1 Å². The molecule has 1 aliphatic heterocycles. The summed E-state index contributed by atoms with van der Waals surface area (Å²) >= 11 is 0. The molecule has 1 aliphatic rings. The van der Waals surface area contributed by atoms with Crippen LogP contribution in [-0.2, 0) is 15.9 Å². The number of nitrogens with one attached hydrogen (secondary N) is 2. The minimum Gasteiger partial charge on any atom is -0.508 e. The first-order valence-electron chi connectivity index (χ1n) is 8.22. The van der Waals surface area contributed by atoms with E-state index in [1.54, 1.807) is 12.1 Å². The number of aromatic nitrogens is 1. The van der Waals surface area contributed by atoms with E-state index in [0.717, 1.165) is 16.5 Å². The molecule has 0 bridgehead atoms. The molecule has 0 spiro atoms. The maximum absolute atomic E-state index is 10.3. The average Bonchev–Trinajstić information content (AvgIpc) is 3.00. The summed E-state index contributed by atoms with van der Waals surface area (Å²) in [6.07, 6.45) is -1.36. The zero-order valence-electron chi connectivity index (χ0n) is 13.9. The Kier molecular flexibility index (Phi) is 5.57. The molecule has 0 saturated carbocycles. The number of aromatic amines is 1. The van der Waals surface area contributed by atoms with E-state index in [1.807, 2.05) is 12.3 Å². The Labute approximate surface area is 145 Å². The number of aliphatic hydroxyl groups is 3. The molecule has 5 atom stereocenters. The van der Waals surface area contributed by atoms with Crippen LogP contribution in [0.1, 0.15) is 5.56 Å². The highest BCUT2D eigenvalue weighted by Crippen LogP contribution is 2.24. The monoisotopic (exact) mass is 352 g/mol. The molecule has 2 heterocycles. The number of fused-ring (bicyclic) bond motifs is 1. The normalized spacial score (nSPS) is 30.0. The van der Waals surface area contributed by atoms with Gasteiger partial charge in [0.2, 0.25) is 0 Å². The van der Waals surface area contributed by atoms with Crippen molar-refractivity contribution in [3.8, 4) is 5.75 Å². The van der Waals surface area contributed by atoms with Crippen LogP contribution in [0.2, 0.25) is 0 Å². The number of phenolic OH excluding ortho intramolecular Hbond substituents is 1. The zero-order valence-corrected chi connectivity index (χ0v) is 13.9. The second kappa shape index (κ2) is 7.69. The number of methoxy groups -OCH3 is 1. The molecule has 2 aromatic rings. The molecule has 0 radical (unpaired) electrons. The van der Waals surface area contributed by atoms with Crippen molar-refractivity contribution in [1.29, 1.82) is 0 Å². The molecule has 1 fully saturated rings. The lowest BCUT2D eigenvalue weighted by Crippen LogP contribution is -2.64. The molecule has 8 nitrogen and oxygen atoms in total. The van der Waals surface area contributed by atoms with Gasteiger partial charge in [0.1, 0.15) is 24.1 Å².